The van der Waals surface area contributed by atoms with Crippen molar-refractivity contribution >= 4 is 7.60 Å². The summed E-state index contributed by atoms with van der Waals surface area (Å²) < 4.78 is 23.6. The number of hydrogen-bond donors (Lipinski definition) is 0. The van der Waals surface area contributed by atoms with Crippen molar-refractivity contribution in [3.63, 3.8) is 0 Å². The average Bonchev–Trinajstić information content (AvgIpc) is 2.49. The van der Waals surface area contributed by atoms with Gasteiger partial charge in [-0.3, -0.25) is 4.57 Å². The molecule has 3 nitrogen and oxygen atoms in total. The SMILES string of the molecule is CCCCCCCCCCOP(=O)(CCCC)OCCC. The molecule has 0 saturated carbocycles. The summed E-state index contributed by atoms with van der Waals surface area (Å²) >= 11 is 0. The van der Waals surface area contributed by atoms with Gasteiger partial charge in [-0.1, -0.05) is 72.1 Å². The summed E-state index contributed by atoms with van der Waals surface area (Å²) in [6.07, 6.45) is 13.5. The quantitative estimate of drug-likeness (QED) is 0.238. The summed E-state index contributed by atoms with van der Waals surface area (Å²) in [4.78, 5) is 0. The summed E-state index contributed by atoms with van der Waals surface area (Å²) in [6.45, 7) is 7.50. The fourth-order valence-electron chi connectivity index (χ4n) is 2.19. The molecule has 0 N–H and O–H groups in total. The van der Waals surface area contributed by atoms with Crippen LogP contribution in [0.2, 0.25) is 0 Å². The van der Waals surface area contributed by atoms with Gasteiger partial charge in [0.05, 0.1) is 19.4 Å². The van der Waals surface area contributed by atoms with E-state index in [0.717, 1.165) is 25.7 Å². The van der Waals surface area contributed by atoms with E-state index in [2.05, 4.69) is 13.8 Å². The van der Waals surface area contributed by atoms with Crippen molar-refractivity contribution < 1.29 is 13.6 Å². The largest absolute Gasteiger partial charge is 0.330 e. The van der Waals surface area contributed by atoms with Crippen LogP contribution in [0.5, 0.6) is 0 Å². The standard InChI is InChI=1S/C17H37O3P/c1-4-7-9-10-11-12-13-14-16-20-21(18,17-8-5-2)19-15-6-3/h4-17H2,1-3H3. The topological polar surface area (TPSA) is 35.5 Å². The minimum atomic E-state index is -2.82. The Labute approximate surface area is 132 Å². The Bertz CT molecular complexity index is 244. The van der Waals surface area contributed by atoms with Crippen LogP contribution in [0.4, 0.5) is 0 Å². The Balaban J connectivity index is 3.65. The Kier molecular flexibility index (Phi) is 15.2. The molecule has 0 aliphatic rings. The molecule has 0 aliphatic carbocycles. The lowest BCUT2D eigenvalue weighted by atomic mass is 10.1. The summed E-state index contributed by atoms with van der Waals surface area (Å²) in [6, 6.07) is 0. The van der Waals surface area contributed by atoms with E-state index in [0.29, 0.717) is 19.4 Å². The van der Waals surface area contributed by atoms with Crippen LogP contribution in [0.3, 0.4) is 0 Å². The molecule has 1 atom stereocenters. The lowest BCUT2D eigenvalue weighted by molar-refractivity contribution is 0.200. The second-order valence-corrected chi connectivity index (χ2v) is 8.01. The van der Waals surface area contributed by atoms with Gasteiger partial charge in [-0.2, -0.15) is 0 Å². The number of unbranched alkanes of at least 4 members (excludes halogenated alkanes) is 8. The highest BCUT2D eigenvalue weighted by molar-refractivity contribution is 7.53. The third kappa shape index (κ3) is 13.5. The Morgan fingerprint density at radius 2 is 1.14 bits per heavy atom. The van der Waals surface area contributed by atoms with Gasteiger partial charge in [0.2, 0.25) is 0 Å². The van der Waals surface area contributed by atoms with Crippen LogP contribution in [-0.2, 0) is 13.6 Å². The first kappa shape index (κ1) is 21.1. The van der Waals surface area contributed by atoms with E-state index in [1.807, 2.05) is 6.92 Å². The van der Waals surface area contributed by atoms with Gasteiger partial charge in [0.1, 0.15) is 0 Å². The maximum atomic E-state index is 12.5. The predicted octanol–water partition coefficient (Wildman–Crippen LogP) is 6.56. The van der Waals surface area contributed by atoms with Crippen LogP contribution in [-0.4, -0.2) is 19.4 Å². The van der Waals surface area contributed by atoms with Crippen LogP contribution in [0.15, 0.2) is 0 Å². The van der Waals surface area contributed by atoms with Gasteiger partial charge in [0, 0.05) is 0 Å². The number of rotatable bonds is 16. The summed E-state index contributed by atoms with van der Waals surface area (Å²) in [5, 5.41) is 0. The van der Waals surface area contributed by atoms with Gasteiger partial charge in [-0.15, -0.1) is 0 Å². The van der Waals surface area contributed by atoms with Gasteiger partial charge < -0.3 is 9.05 Å². The smallest absolute Gasteiger partial charge is 0.309 e. The first-order valence-electron chi connectivity index (χ1n) is 9.06. The fraction of sp³-hybridized carbons (Fsp3) is 1.00. The zero-order chi connectivity index (χ0) is 15.8. The number of hydrogen-bond acceptors (Lipinski definition) is 3. The van der Waals surface area contributed by atoms with Crippen molar-refractivity contribution in [3.05, 3.63) is 0 Å². The monoisotopic (exact) mass is 320 g/mol. The molecule has 4 heteroatoms. The van der Waals surface area contributed by atoms with Crippen LogP contribution >= 0.6 is 7.60 Å². The normalized spacial score (nSPS) is 14.2. The third-order valence-corrected chi connectivity index (χ3v) is 5.58. The molecule has 0 aromatic carbocycles. The summed E-state index contributed by atoms with van der Waals surface area (Å²) in [5.74, 6) is 0. The van der Waals surface area contributed by atoms with Crippen molar-refractivity contribution in [1.29, 1.82) is 0 Å². The molecule has 0 fully saturated rings. The van der Waals surface area contributed by atoms with Crippen molar-refractivity contribution in [2.75, 3.05) is 19.4 Å². The lowest BCUT2D eigenvalue weighted by Crippen LogP contribution is -2.02. The Morgan fingerprint density at radius 1 is 0.619 bits per heavy atom. The van der Waals surface area contributed by atoms with Crippen molar-refractivity contribution in [2.45, 2.75) is 91.4 Å². The maximum absolute atomic E-state index is 12.5. The van der Waals surface area contributed by atoms with E-state index in [9.17, 15) is 4.57 Å². The molecule has 0 aromatic heterocycles. The molecule has 0 aliphatic heterocycles. The van der Waals surface area contributed by atoms with E-state index >= 15 is 0 Å². The molecule has 0 bridgehead atoms. The Hall–Kier alpha value is 0.150. The van der Waals surface area contributed by atoms with Crippen molar-refractivity contribution in [3.8, 4) is 0 Å². The van der Waals surface area contributed by atoms with Crippen LogP contribution in [0.25, 0.3) is 0 Å². The molecular weight excluding hydrogens is 283 g/mol. The van der Waals surface area contributed by atoms with E-state index in [1.54, 1.807) is 0 Å². The lowest BCUT2D eigenvalue weighted by Gasteiger charge is -2.18. The van der Waals surface area contributed by atoms with E-state index < -0.39 is 7.60 Å². The van der Waals surface area contributed by atoms with Crippen LogP contribution in [0.1, 0.15) is 91.4 Å². The second kappa shape index (κ2) is 15.1. The zero-order valence-corrected chi connectivity index (χ0v) is 15.5. The molecule has 0 amide bonds. The van der Waals surface area contributed by atoms with Crippen LogP contribution in [0, 0.1) is 0 Å². The molecule has 0 saturated heterocycles. The third-order valence-electron chi connectivity index (χ3n) is 3.56. The van der Waals surface area contributed by atoms with E-state index in [1.165, 1.54) is 44.9 Å². The van der Waals surface area contributed by atoms with Crippen molar-refractivity contribution in [2.24, 2.45) is 0 Å². The molecule has 21 heavy (non-hydrogen) atoms. The highest BCUT2D eigenvalue weighted by Gasteiger charge is 2.23. The predicted molar refractivity (Wildman–Crippen MR) is 92.2 cm³/mol. The van der Waals surface area contributed by atoms with Gasteiger partial charge in [-0.25, -0.2) is 0 Å². The highest BCUT2D eigenvalue weighted by Crippen LogP contribution is 2.49. The molecule has 0 heterocycles. The van der Waals surface area contributed by atoms with E-state index in [4.69, 9.17) is 9.05 Å². The highest BCUT2D eigenvalue weighted by atomic mass is 31.2. The Morgan fingerprint density at radius 3 is 1.71 bits per heavy atom. The molecule has 0 radical (unpaired) electrons. The van der Waals surface area contributed by atoms with Gasteiger partial charge >= 0.3 is 7.60 Å². The fourth-order valence-corrected chi connectivity index (χ4v) is 4.09. The molecular formula is C17H37O3P. The molecule has 128 valence electrons. The summed E-state index contributed by atoms with van der Waals surface area (Å²) in [5.41, 5.74) is 0. The summed E-state index contributed by atoms with van der Waals surface area (Å²) in [7, 11) is -2.82. The maximum Gasteiger partial charge on any atom is 0.330 e. The molecule has 0 spiro atoms. The molecule has 0 rings (SSSR count). The minimum absolute atomic E-state index is 0.540. The first-order chi connectivity index (χ1) is 10.2. The average molecular weight is 320 g/mol. The first-order valence-corrected chi connectivity index (χ1v) is 10.8. The van der Waals surface area contributed by atoms with Gasteiger partial charge in [-0.05, 0) is 19.3 Å². The van der Waals surface area contributed by atoms with E-state index in [-0.39, 0.29) is 0 Å². The molecule has 0 aromatic rings. The zero-order valence-electron chi connectivity index (χ0n) is 14.6. The van der Waals surface area contributed by atoms with Gasteiger partial charge in [0.15, 0.2) is 0 Å². The van der Waals surface area contributed by atoms with Crippen molar-refractivity contribution in [1.82, 2.24) is 0 Å². The van der Waals surface area contributed by atoms with Gasteiger partial charge in [0.25, 0.3) is 0 Å². The molecule has 1 unspecified atom stereocenters. The minimum Gasteiger partial charge on any atom is -0.309 e. The van der Waals surface area contributed by atoms with Crippen LogP contribution < -0.4 is 0 Å². The second-order valence-electron chi connectivity index (χ2n) is 5.83.